The van der Waals surface area contributed by atoms with Gasteiger partial charge in [-0.2, -0.15) is 0 Å². The summed E-state index contributed by atoms with van der Waals surface area (Å²) in [7, 11) is 3.41. The number of carbonyl (C=O) groups excluding carboxylic acids is 1. The monoisotopic (exact) mass is 318 g/mol. The fourth-order valence-electron chi connectivity index (χ4n) is 2.30. The van der Waals surface area contributed by atoms with Crippen LogP contribution in [0.4, 0.5) is 0 Å². The average Bonchev–Trinajstić information content (AvgIpc) is 2.58. The maximum absolute atomic E-state index is 11.5. The van der Waals surface area contributed by atoms with E-state index in [-0.39, 0.29) is 5.91 Å². The van der Waals surface area contributed by atoms with E-state index in [0.29, 0.717) is 18.2 Å². The van der Waals surface area contributed by atoms with Crippen LogP contribution in [0.3, 0.4) is 0 Å². The average molecular weight is 318 g/mol. The van der Waals surface area contributed by atoms with Gasteiger partial charge in [-0.05, 0) is 31.0 Å². The lowest BCUT2D eigenvalue weighted by molar-refractivity contribution is 0.0963. The smallest absolute Gasteiger partial charge is 0.251 e. The Bertz CT molecular complexity index is 496. The SMILES string of the molecule is CCCCCC(C)NC(=NC)NCc1ccc(C(=O)NC)cc1. The predicted octanol–water partition coefficient (Wildman–Crippen LogP) is 2.68. The molecule has 3 N–H and O–H groups in total. The number of unbranched alkanes of at least 4 members (excludes halogenated alkanes) is 2. The van der Waals surface area contributed by atoms with Crippen molar-refractivity contribution in [3.8, 4) is 0 Å². The summed E-state index contributed by atoms with van der Waals surface area (Å²) in [5, 5.41) is 9.34. The first-order chi connectivity index (χ1) is 11.1. The Kier molecular flexibility index (Phi) is 8.80. The summed E-state index contributed by atoms with van der Waals surface area (Å²) in [5.74, 6) is 0.743. The van der Waals surface area contributed by atoms with E-state index >= 15 is 0 Å². The highest BCUT2D eigenvalue weighted by Crippen LogP contribution is 2.05. The van der Waals surface area contributed by atoms with Gasteiger partial charge in [0, 0.05) is 32.2 Å². The van der Waals surface area contributed by atoms with Gasteiger partial charge in [0.2, 0.25) is 0 Å². The third-order valence-electron chi connectivity index (χ3n) is 3.75. The van der Waals surface area contributed by atoms with Crippen LogP contribution in [0.15, 0.2) is 29.3 Å². The molecule has 1 rings (SSSR count). The van der Waals surface area contributed by atoms with Gasteiger partial charge in [-0.3, -0.25) is 9.79 Å². The summed E-state index contributed by atoms with van der Waals surface area (Å²) in [6.07, 6.45) is 4.90. The van der Waals surface area contributed by atoms with Gasteiger partial charge in [-0.25, -0.2) is 0 Å². The molecular formula is C18H30N4O. The first-order valence-corrected chi connectivity index (χ1v) is 8.38. The zero-order valence-electron chi connectivity index (χ0n) is 14.8. The first-order valence-electron chi connectivity index (χ1n) is 8.38. The minimum atomic E-state index is -0.0668. The topological polar surface area (TPSA) is 65.5 Å². The Morgan fingerprint density at radius 3 is 2.48 bits per heavy atom. The zero-order valence-corrected chi connectivity index (χ0v) is 14.8. The molecule has 0 aliphatic rings. The van der Waals surface area contributed by atoms with Crippen molar-refractivity contribution in [2.75, 3.05) is 14.1 Å². The Morgan fingerprint density at radius 1 is 1.22 bits per heavy atom. The van der Waals surface area contributed by atoms with Crippen LogP contribution >= 0.6 is 0 Å². The minimum Gasteiger partial charge on any atom is -0.355 e. The van der Waals surface area contributed by atoms with Gasteiger partial charge >= 0.3 is 0 Å². The largest absolute Gasteiger partial charge is 0.355 e. The van der Waals surface area contributed by atoms with E-state index in [0.717, 1.165) is 17.9 Å². The number of benzene rings is 1. The van der Waals surface area contributed by atoms with Crippen LogP contribution in [0.1, 0.15) is 55.5 Å². The first kappa shape index (κ1) is 19.0. The van der Waals surface area contributed by atoms with Crippen LogP contribution in [-0.2, 0) is 6.54 Å². The molecule has 0 saturated carbocycles. The highest BCUT2D eigenvalue weighted by molar-refractivity contribution is 5.93. The van der Waals surface area contributed by atoms with Crippen LogP contribution in [0.25, 0.3) is 0 Å². The number of carbonyl (C=O) groups is 1. The Balaban J connectivity index is 2.43. The summed E-state index contributed by atoms with van der Waals surface area (Å²) >= 11 is 0. The van der Waals surface area contributed by atoms with Gasteiger partial charge in [0.25, 0.3) is 5.91 Å². The number of hydrogen-bond donors (Lipinski definition) is 3. The van der Waals surface area contributed by atoms with Gasteiger partial charge in [-0.15, -0.1) is 0 Å². The van der Waals surface area contributed by atoms with Crippen LogP contribution in [0.5, 0.6) is 0 Å². The fraction of sp³-hybridized carbons (Fsp3) is 0.556. The molecule has 0 fully saturated rings. The molecule has 0 bridgehead atoms. The van der Waals surface area contributed by atoms with Crippen molar-refractivity contribution in [1.29, 1.82) is 0 Å². The van der Waals surface area contributed by atoms with Crippen molar-refractivity contribution >= 4 is 11.9 Å². The normalized spacial score (nSPS) is 12.6. The third-order valence-corrected chi connectivity index (χ3v) is 3.75. The summed E-state index contributed by atoms with van der Waals surface area (Å²) in [6, 6.07) is 7.98. The number of rotatable bonds is 8. The van der Waals surface area contributed by atoms with Crippen LogP contribution in [0, 0.1) is 0 Å². The lowest BCUT2D eigenvalue weighted by Crippen LogP contribution is -2.41. The molecule has 0 spiro atoms. The second-order valence-corrected chi connectivity index (χ2v) is 5.74. The standard InChI is InChI=1S/C18H30N4O/c1-5-6-7-8-14(2)22-18(20-4)21-13-15-9-11-16(12-10-15)17(23)19-3/h9-12,14H,5-8,13H2,1-4H3,(H,19,23)(H2,20,21,22). The lowest BCUT2D eigenvalue weighted by Gasteiger charge is -2.18. The molecule has 1 unspecified atom stereocenters. The molecule has 5 nitrogen and oxygen atoms in total. The highest BCUT2D eigenvalue weighted by atomic mass is 16.1. The second-order valence-electron chi connectivity index (χ2n) is 5.74. The number of amides is 1. The molecule has 1 amide bonds. The number of hydrogen-bond acceptors (Lipinski definition) is 2. The maximum Gasteiger partial charge on any atom is 0.251 e. The summed E-state index contributed by atoms with van der Waals surface area (Å²) in [4.78, 5) is 15.8. The van der Waals surface area contributed by atoms with E-state index in [4.69, 9.17) is 0 Å². The van der Waals surface area contributed by atoms with Gasteiger partial charge in [0.1, 0.15) is 0 Å². The molecule has 128 valence electrons. The van der Waals surface area contributed by atoms with Crippen molar-refractivity contribution < 1.29 is 4.79 Å². The van der Waals surface area contributed by atoms with Crippen LogP contribution in [-0.4, -0.2) is 32.0 Å². The van der Waals surface area contributed by atoms with E-state index in [1.54, 1.807) is 14.1 Å². The van der Waals surface area contributed by atoms with Gasteiger partial charge in [0.05, 0.1) is 0 Å². The maximum atomic E-state index is 11.5. The van der Waals surface area contributed by atoms with Crippen molar-refractivity contribution in [3.63, 3.8) is 0 Å². The van der Waals surface area contributed by atoms with E-state index in [1.807, 2.05) is 24.3 Å². The third kappa shape index (κ3) is 7.17. The van der Waals surface area contributed by atoms with E-state index in [2.05, 4.69) is 34.8 Å². The number of guanidine groups is 1. The molecule has 0 aliphatic carbocycles. The molecular weight excluding hydrogens is 288 g/mol. The lowest BCUT2D eigenvalue weighted by atomic mass is 10.1. The van der Waals surface area contributed by atoms with Gasteiger partial charge in [-0.1, -0.05) is 38.3 Å². The molecule has 23 heavy (non-hydrogen) atoms. The molecule has 0 heterocycles. The molecule has 1 aromatic carbocycles. The summed E-state index contributed by atoms with van der Waals surface area (Å²) < 4.78 is 0. The Hall–Kier alpha value is -2.04. The quantitative estimate of drug-likeness (QED) is 0.392. The zero-order chi connectivity index (χ0) is 17.1. The fourth-order valence-corrected chi connectivity index (χ4v) is 2.30. The molecule has 0 aliphatic heterocycles. The van der Waals surface area contributed by atoms with Crippen molar-refractivity contribution in [3.05, 3.63) is 35.4 Å². The highest BCUT2D eigenvalue weighted by Gasteiger charge is 2.06. The molecule has 0 saturated heterocycles. The second kappa shape index (κ2) is 10.6. The predicted molar refractivity (Wildman–Crippen MR) is 96.8 cm³/mol. The molecule has 0 aromatic heterocycles. The van der Waals surface area contributed by atoms with Crippen molar-refractivity contribution in [2.24, 2.45) is 4.99 Å². The molecule has 1 aromatic rings. The molecule has 5 heteroatoms. The van der Waals surface area contributed by atoms with Crippen LogP contribution < -0.4 is 16.0 Å². The van der Waals surface area contributed by atoms with E-state index in [1.165, 1.54) is 19.3 Å². The van der Waals surface area contributed by atoms with Gasteiger partial charge < -0.3 is 16.0 Å². The molecule has 0 radical (unpaired) electrons. The van der Waals surface area contributed by atoms with Crippen molar-refractivity contribution in [2.45, 2.75) is 52.1 Å². The Labute approximate surface area is 140 Å². The van der Waals surface area contributed by atoms with E-state index in [9.17, 15) is 4.79 Å². The van der Waals surface area contributed by atoms with Gasteiger partial charge in [0.15, 0.2) is 5.96 Å². The van der Waals surface area contributed by atoms with E-state index < -0.39 is 0 Å². The summed E-state index contributed by atoms with van der Waals surface area (Å²) in [6.45, 7) is 5.07. The van der Waals surface area contributed by atoms with Crippen molar-refractivity contribution in [1.82, 2.24) is 16.0 Å². The van der Waals surface area contributed by atoms with Crippen LogP contribution in [0.2, 0.25) is 0 Å². The number of nitrogens with zero attached hydrogens (tertiary/aromatic N) is 1. The Morgan fingerprint density at radius 2 is 1.91 bits per heavy atom. The number of nitrogens with one attached hydrogen (secondary N) is 3. The summed E-state index contributed by atoms with van der Waals surface area (Å²) in [5.41, 5.74) is 1.78. The molecule has 1 atom stereocenters. The number of aliphatic imine (C=N–C) groups is 1. The minimum absolute atomic E-state index is 0.0668.